The highest BCUT2D eigenvalue weighted by molar-refractivity contribution is 8.01. The van der Waals surface area contributed by atoms with Crippen molar-refractivity contribution < 1.29 is 18.7 Å². The summed E-state index contributed by atoms with van der Waals surface area (Å²) in [5.41, 5.74) is 0.133. The number of amides is 1. The number of ether oxygens (including phenoxy) is 1. The zero-order valence-electron chi connectivity index (χ0n) is 10.1. The third-order valence-corrected chi connectivity index (χ3v) is 3.27. The van der Waals surface area contributed by atoms with Crippen molar-refractivity contribution in [3.63, 3.8) is 0 Å². The Labute approximate surface area is 109 Å². The highest BCUT2D eigenvalue weighted by Gasteiger charge is 2.15. The Hall–Kier alpha value is -1.56. The van der Waals surface area contributed by atoms with E-state index in [1.807, 2.05) is 0 Å². The van der Waals surface area contributed by atoms with Gasteiger partial charge in [0.05, 0.1) is 18.6 Å². The molecule has 0 aromatic heterocycles. The van der Waals surface area contributed by atoms with E-state index in [0.717, 1.165) is 11.8 Å². The van der Waals surface area contributed by atoms with Crippen LogP contribution in [-0.2, 0) is 14.3 Å². The van der Waals surface area contributed by atoms with Crippen LogP contribution >= 0.6 is 11.8 Å². The molecule has 4 nitrogen and oxygen atoms in total. The standard InChI is InChI=1S/C12H14FNO3S/c1-8(12(16)17-2)18-7-11(15)14-10-6-4-3-5-9(10)13/h3-6,8H,7H2,1-2H3,(H,14,15). The number of methoxy groups -OCH3 is 1. The number of nitrogens with one attached hydrogen (secondary N) is 1. The van der Waals surface area contributed by atoms with E-state index in [2.05, 4.69) is 10.1 Å². The second kappa shape index (κ2) is 7.00. The van der Waals surface area contributed by atoms with Gasteiger partial charge in [-0.3, -0.25) is 9.59 Å². The topological polar surface area (TPSA) is 55.4 Å². The van der Waals surface area contributed by atoms with Gasteiger partial charge in [-0.1, -0.05) is 12.1 Å². The highest BCUT2D eigenvalue weighted by atomic mass is 32.2. The van der Waals surface area contributed by atoms with E-state index in [-0.39, 0.29) is 17.3 Å². The van der Waals surface area contributed by atoms with E-state index in [0.29, 0.717) is 0 Å². The Morgan fingerprint density at radius 3 is 2.72 bits per heavy atom. The lowest BCUT2D eigenvalue weighted by Gasteiger charge is -2.09. The number of carbonyl (C=O) groups is 2. The molecule has 1 aromatic carbocycles. The first-order valence-electron chi connectivity index (χ1n) is 5.28. The van der Waals surface area contributed by atoms with E-state index in [1.54, 1.807) is 19.1 Å². The maximum atomic E-state index is 13.2. The normalized spacial score (nSPS) is 11.7. The molecule has 1 rings (SSSR count). The zero-order valence-corrected chi connectivity index (χ0v) is 10.9. The SMILES string of the molecule is COC(=O)C(C)SCC(=O)Nc1ccccc1F. The predicted molar refractivity (Wildman–Crippen MR) is 69.0 cm³/mol. The third-order valence-electron chi connectivity index (χ3n) is 2.15. The average molecular weight is 271 g/mol. The van der Waals surface area contributed by atoms with Gasteiger partial charge in [-0.25, -0.2) is 4.39 Å². The quantitative estimate of drug-likeness (QED) is 0.833. The van der Waals surface area contributed by atoms with Crippen LogP contribution < -0.4 is 5.32 Å². The summed E-state index contributed by atoms with van der Waals surface area (Å²) in [6.07, 6.45) is 0. The number of thioether (sulfide) groups is 1. The molecule has 98 valence electrons. The Morgan fingerprint density at radius 1 is 1.44 bits per heavy atom. The van der Waals surface area contributed by atoms with Gasteiger partial charge in [0.2, 0.25) is 5.91 Å². The van der Waals surface area contributed by atoms with Crippen LogP contribution in [-0.4, -0.2) is 30.0 Å². The molecule has 1 atom stereocenters. The maximum Gasteiger partial charge on any atom is 0.318 e. The summed E-state index contributed by atoms with van der Waals surface area (Å²) in [6, 6.07) is 5.91. The number of halogens is 1. The van der Waals surface area contributed by atoms with Crippen molar-refractivity contribution in [2.45, 2.75) is 12.2 Å². The fraction of sp³-hybridized carbons (Fsp3) is 0.333. The van der Waals surface area contributed by atoms with E-state index >= 15 is 0 Å². The van der Waals surface area contributed by atoms with Crippen LogP contribution in [0, 0.1) is 5.82 Å². The van der Waals surface area contributed by atoms with Crippen molar-refractivity contribution in [2.24, 2.45) is 0 Å². The second-order valence-corrected chi connectivity index (χ2v) is 4.83. The number of esters is 1. The molecule has 0 saturated heterocycles. The molecule has 0 fully saturated rings. The van der Waals surface area contributed by atoms with Gasteiger partial charge in [-0.05, 0) is 19.1 Å². The molecule has 0 radical (unpaired) electrons. The summed E-state index contributed by atoms with van der Waals surface area (Å²) in [6.45, 7) is 1.65. The molecule has 0 aliphatic carbocycles. The second-order valence-electron chi connectivity index (χ2n) is 3.50. The fourth-order valence-corrected chi connectivity index (χ4v) is 1.89. The van der Waals surface area contributed by atoms with Gasteiger partial charge in [0, 0.05) is 0 Å². The number of hydrogen-bond donors (Lipinski definition) is 1. The molecule has 0 heterocycles. The zero-order chi connectivity index (χ0) is 13.5. The molecular formula is C12H14FNO3S. The Morgan fingerprint density at radius 2 is 2.11 bits per heavy atom. The molecule has 6 heteroatoms. The number of hydrogen-bond acceptors (Lipinski definition) is 4. The summed E-state index contributed by atoms with van der Waals surface area (Å²) in [7, 11) is 1.29. The molecule has 1 N–H and O–H groups in total. The number of carbonyl (C=O) groups excluding carboxylic acids is 2. The Kier molecular flexibility index (Phi) is 5.64. The molecule has 0 spiro atoms. The van der Waals surface area contributed by atoms with E-state index in [9.17, 15) is 14.0 Å². The van der Waals surface area contributed by atoms with Crippen LogP contribution in [0.25, 0.3) is 0 Å². The van der Waals surface area contributed by atoms with Crippen molar-refractivity contribution >= 4 is 29.3 Å². The van der Waals surface area contributed by atoms with Crippen molar-refractivity contribution in [1.29, 1.82) is 0 Å². The largest absolute Gasteiger partial charge is 0.468 e. The van der Waals surface area contributed by atoms with E-state index < -0.39 is 17.0 Å². The summed E-state index contributed by atoms with van der Waals surface area (Å²) < 4.78 is 17.8. The van der Waals surface area contributed by atoms with Gasteiger partial charge in [-0.2, -0.15) is 0 Å². The predicted octanol–water partition coefficient (Wildman–Crippen LogP) is 2.06. The van der Waals surface area contributed by atoms with E-state index in [1.165, 1.54) is 19.2 Å². The number of benzene rings is 1. The van der Waals surface area contributed by atoms with Gasteiger partial charge in [-0.15, -0.1) is 11.8 Å². The minimum atomic E-state index is -0.489. The third kappa shape index (κ3) is 4.37. The van der Waals surface area contributed by atoms with Crippen LogP contribution in [0.1, 0.15) is 6.92 Å². The van der Waals surface area contributed by atoms with Gasteiger partial charge >= 0.3 is 5.97 Å². The molecule has 1 aromatic rings. The van der Waals surface area contributed by atoms with Crippen LogP contribution in [0.2, 0.25) is 0 Å². The molecule has 0 aliphatic heterocycles. The number of para-hydroxylation sites is 1. The maximum absolute atomic E-state index is 13.2. The first-order chi connectivity index (χ1) is 8.54. The monoisotopic (exact) mass is 271 g/mol. The summed E-state index contributed by atoms with van der Waals surface area (Å²) in [5, 5.41) is 2.01. The van der Waals surface area contributed by atoms with Crippen LogP contribution in [0.5, 0.6) is 0 Å². The van der Waals surface area contributed by atoms with Crippen LogP contribution in [0.4, 0.5) is 10.1 Å². The lowest BCUT2D eigenvalue weighted by Crippen LogP contribution is -2.20. The van der Waals surface area contributed by atoms with Gasteiger partial charge in [0.1, 0.15) is 11.1 Å². The first kappa shape index (κ1) is 14.5. The van der Waals surface area contributed by atoms with Crippen molar-refractivity contribution in [2.75, 3.05) is 18.2 Å². The minimum Gasteiger partial charge on any atom is -0.468 e. The Balaban J connectivity index is 2.43. The molecule has 1 amide bonds. The first-order valence-corrected chi connectivity index (χ1v) is 6.33. The molecule has 18 heavy (non-hydrogen) atoms. The Bertz CT molecular complexity index is 439. The van der Waals surface area contributed by atoms with Crippen LogP contribution in [0.3, 0.4) is 0 Å². The van der Waals surface area contributed by atoms with Gasteiger partial charge in [0.15, 0.2) is 0 Å². The molecule has 0 bridgehead atoms. The number of anilines is 1. The van der Waals surface area contributed by atoms with Crippen molar-refractivity contribution in [3.8, 4) is 0 Å². The van der Waals surface area contributed by atoms with Crippen molar-refractivity contribution in [3.05, 3.63) is 30.1 Å². The molecule has 1 unspecified atom stereocenters. The fourth-order valence-electron chi connectivity index (χ4n) is 1.18. The van der Waals surface area contributed by atoms with Gasteiger partial charge < -0.3 is 10.1 Å². The smallest absolute Gasteiger partial charge is 0.318 e. The van der Waals surface area contributed by atoms with Crippen LogP contribution in [0.15, 0.2) is 24.3 Å². The summed E-state index contributed by atoms with van der Waals surface area (Å²) in [5.74, 6) is -1.18. The lowest BCUT2D eigenvalue weighted by molar-refractivity contribution is -0.139. The summed E-state index contributed by atoms with van der Waals surface area (Å²) in [4.78, 5) is 22.6. The van der Waals surface area contributed by atoms with Gasteiger partial charge in [0.25, 0.3) is 0 Å². The highest BCUT2D eigenvalue weighted by Crippen LogP contribution is 2.15. The molecule has 0 aliphatic rings. The van der Waals surface area contributed by atoms with Crippen molar-refractivity contribution in [1.82, 2.24) is 0 Å². The molecular weight excluding hydrogens is 257 g/mol. The van der Waals surface area contributed by atoms with E-state index in [4.69, 9.17) is 0 Å². The minimum absolute atomic E-state index is 0.0601. The lowest BCUT2D eigenvalue weighted by atomic mass is 10.3. The summed E-state index contributed by atoms with van der Waals surface area (Å²) >= 11 is 1.13. The molecule has 0 saturated carbocycles. The average Bonchev–Trinajstić information content (AvgIpc) is 2.37. The number of rotatable bonds is 5.